The number of methoxy groups -OCH3 is 2. The molecule has 0 bridgehead atoms. The lowest BCUT2D eigenvalue weighted by Crippen LogP contribution is -2.52. The fraction of sp³-hybridized carbons (Fsp3) is 0.556. The number of halogens is 2. The van der Waals surface area contributed by atoms with Gasteiger partial charge in [-0.15, -0.1) is 0 Å². The van der Waals surface area contributed by atoms with E-state index in [0.717, 1.165) is 11.1 Å². The smallest absolute Gasteiger partial charge is 0.277 e. The highest BCUT2D eigenvalue weighted by atomic mass is 32.2. The fourth-order valence-corrected chi connectivity index (χ4v) is 4.75. The van der Waals surface area contributed by atoms with Gasteiger partial charge in [0.15, 0.2) is 11.5 Å². The van der Waals surface area contributed by atoms with Gasteiger partial charge in [0, 0.05) is 37.5 Å². The lowest BCUT2D eigenvalue weighted by atomic mass is 10.0. The van der Waals surface area contributed by atoms with E-state index >= 15 is 0 Å². The van der Waals surface area contributed by atoms with E-state index in [9.17, 15) is 17.2 Å². The molecule has 0 amide bonds. The van der Waals surface area contributed by atoms with Crippen molar-refractivity contribution in [1.82, 2.24) is 14.5 Å². The summed E-state index contributed by atoms with van der Waals surface area (Å²) in [6.45, 7) is 0.631. The van der Waals surface area contributed by atoms with Gasteiger partial charge in [-0.05, 0) is 18.9 Å². The Morgan fingerprint density at radius 1 is 1.23 bits per heavy atom. The molecular formula is C18H25F2N5O4S. The lowest BCUT2D eigenvalue weighted by Gasteiger charge is -2.38. The van der Waals surface area contributed by atoms with E-state index < -0.39 is 28.7 Å². The highest BCUT2D eigenvalue weighted by Crippen LogP contribution is 2.36. The largest absolute Gasteiger partial charge is 0.493 e. The number of benzene rings is 1. The van der Waals surface area contributed by atoms with Crippen molar-refractivity contribution in [3.63, 3.8) is 0 Å². The Bertz CT molecular complexity index is 1010. The maximum atomic E-state index is 13.5. The monoisotopic (exact) mass is 445 g/mol. The maximum absolute atomic E-state index is 13.5. The van der Waals surface area contributed by atoms with Crippen LogP contribution in [0.15, 0.2) is 18.3 Å². The average molecular weight is 445 g/mol. The molecule has 0 aliphatic carbocycles. The molecule has 30 heavy (non-hydrogen) atoms. The van der Waals surface area contributed by atoms with Gasteiger partial charge >= 0.3 is 0 Å². The average Bonchev–Trinajstić information content (AvgIpc) is 2.69. The van der Waals surface area contributed by atoms with E-state index in [1.165, 1.54) is 14.2 Å². The minimum Gasteiger partial charge on any atom is -0.493 e. The predicted molar refractivity (Wildman–Crippen MR) is 108 cm³/mol. The third-order valence-corrected chi connectivity index (χ3v) is 6.18. The van der Waals surface area contributed by atoms with Crippen molar-refractivity contribution in [3.05, 3.63) is 18.3 Å². The van der Waals surface area contributed by atoms with Gasteiger partial charge in [-0.1, -0.05) is 0 Å². The summed E-state index contributed by atoms with van der Waals surface area (Å²) in [5, 5.41) is 14.2. The van der Waals surface area contributed by atoms with Crippen molar-refractivity contribution >= 4 is 26.8 Å². The molecule has 166 valence electrons. The first-order valence-corrected chi connectivity index (χ1v) is 10.8. The summed E-state index contributed by atoms with van der Waals surface area (Å²) in [6.07, 6.45) is 2.32. The van der Waals surface area contributed by atoms with Crippen LogP contribution in [-0.2, 0) is 10.2 Å². The topological polar surface area (TPSA) is 111 Å². The van der Waals surface area contributed by atoms with Crippen molar-refractivity contribution in [2.45, 2.75) is 31.7 Å². The number of ether oxygens (including phenoxy) is 2. The quantitative estimate of drug-likeness (QED) is 0.691. The van der Waals surface area contributed by atoms with E-state index in [-0.39, 0.29) is 0 Å². The molecule has 1 aliphatic heterocycles. The Morgan fingerprint density at radius 2 is 1.83 bits per heavy atom. The van der Waals surface area contributed by atoms with Gasteiger partial charge < -0.3 is 14.4 Å². The Hall–Kier alpha value is -2.31. The number of hydrogen-bond donors (Lipinski definition) is 1. The molecule has 1 fully saturated rings. The molecule has 0 spiro atoms. The lowest BCUT2D eigenvalue weighted by molar-refractivity contribution is -0.00442. The second kappa shape index (κ2) is 8.44. The number of aromatic nitrogens is 2. The Kier molecular flexibility index (Phi) is 6.29. The van der Waals surface area contributed by atoms with Crippen molar-refractivity contribution in [2.75, 3.05) is 38.8 Å². The summed E-state index contributed by atoms with van der Waals surface area (Å²) >= 11 is 0. The first kappa shape index (κ1) is 22.4. The number of nitrogens with two attached hydrogens (primary N) is 1. The predicted octanol–water partition coefficient (Wildman–Crippen LogP) is 1.78. The Morgan fingerprint density at radius 3 is 2.37 bits per heavy atom. The third kappa shape index (κ3) is 4.87. The van der Waals surface area contributed by atoms with Gasteiger partial charge in [-0.2, -0.15) is 22.9 Å². The van der Waals surface area contributed by atoms with Crippen LogP contribution in [0, 0.1) is 0 Å². The maximum Gasteiger partial charge on any atom is 0.277 e. The van der Waals surface area contributed by atoms with Gasteiger partial charge in [-0.25, -0.2) is 13.9 Å². The third-order valence-electron chi connectivity index (χ3n) is 5.10. The SMILES string of the molecule is COc1cc2nncc(N3CCC(N(CC(C)(F)F)S(N)(=O)=O)CC3)c2cc1OC. The molecule has 3 rings (SSSR count). The van der Waals surface area contributed by atoms with Crippen LogP contribution in [-0.4, -0.2) is 68.7 Å². The van der Waals surface area contributed by atoms with E-state index in [1.54, 1.807) is 18.3 Å². The molecule has 0 saturated carbocycles. The Balaban J connectivity index is 1.85. The summed E-state index contributed by atoms with van der Waals surface area (Å²) in [5.74, 6) is -2.11. The highest BCUT2D eigenvalue weighted by molar-refractivity contribution is 7.86. The van der Waals surface area contributed by atoms with Gasteiger partial charge in [-0.3, -0.25) is 0 Å². The van der Waals surface area contributed by atoms with Crippen molar-refractivity contribution in [3.8, 4) is 11.5 Å². The second-order valence-electron chi connectivity index (χ2n) is 7.33. The van der Waals surface area contributed by atoms with Gasteiger partial charge in [0.1, 0.15) is 0 Å². The zero-order valence-electron chi connectivity index (χ0n) is 17.0. The van der Waals surface area contributed by atoms with Crippen LogP contribution in [0.5, 0.6) is 11.5 Å². The zero-order valence-corrected chi connectivity index (χ0v) is 17.8. The first-order chi connectivity index (χ1) is 14.0. The van der Waals surface area contributed by atoms with Crippen LogP contribution in [0.25, 0.3) is 10.9 Å². The molecule has 0 radical (unpaired) electrons. The summed E-state index contributed by atoms with van der Waals surface area (Å²) in [5.41, 5.74) is 1.41. The van der Waals surface area contributed by atoms with Crippen molar-refractivity contribution < 1.29 is 26.7 Å². The van der Waals surface area contributed by atoms with Crippen LogP contribution >= 0.6 is 0 Å². The molecule has 9 nitrogen and oxygen atoms in total. The van der Waals surface area contributed by atoms with Crippen LogP contribution in [0.3, 0.4) is 0 Å². The van der Waals surface area contributed by atoms with Gasteiger partial charge in [0.25, 0.3) is 16.1 Å². The molecule has 1 aromatic heterocycles. The van der Waals surface area contributed by atoms with Gasteiger partial charge in [0.2, 0.25) is 0 Å². The number of nitrogens with zero attached hydrogens (tertiary/aromatic N) is 4. The van der Waals surface area contributed by atoms with Crippen molar-refractivity contribution in [2.24, 2.45) is 5.14 Å². The van der Waals surface area contributed by atoms with Gasteiger partial charge in [0.05, 0.1) is 38.2 Å². The summed E-state index contributed by atoms with van der Waals surface area (Å²) in [6, 6.07) is 2.93. The summed E-state index contributed by atoms with van der Waals surface area (Å²) in [4.78, 5) is 2.02. The number of hydrogen-bond acceptors (Lipinski definition) is 7. The fourth-order valence-electron chi connectivity index (χ4n) is 3.72. The molecule has 12 heteroatoms. The number of rotatable bonds is 7. The number of piperidine rings is 1. The van der Waals surface area contributed by atoms with Crippen LogP contribution in [0.4, 0.5) is 14.5 Å². The minimum absolute atomic E-state index is 0.351. The first-order valence-electron chi connectivity index (χ1n) is 9.33. The zero-order chi connectivity index (χ0) is 22.1. The molecule has 1 saturated heterocycles. The van der Waals surface area contributed by atoms with Crippen molar-refractivity contribution in [1.29, 1.82) is 0 Å². The standard InChI is InChI=1S/C18H25F2N5O4S/c1-18(19,20)11-25(30(21,26)27)12-4-6-24(7-5-12)15-10-22-23-14-9-17(29-3)16(28-2)8-13(14)15/h8-10,12H,4-7,11H2,1-3H3,(H2,21,26,27). The molecular weight excluding hydrogens is 420 g/mol. The van der Waals surface area contributed by atoms with E-state index in [2.05, 4.69) is 10.2 Å². The summed E-state index contributed by atoms with van der Waals surface area (Å²) < 4.78 is 62.1. The highest BCUT2D eigenvalue weighted by Gasteiger charge is 2.37. The number of fused-ring (bicyclic) bond motifs is 1. The minimum atomic E-state index is -4.25. The Labute approximate surface area is 173 Å². The van der Waals surface area contributed by atoms with E-state index in [4.69, 9.17) is 14.6 Å². The number of alkyl halides is 2. The normalized spacial score (nSPS) is 16.3. The molecule has 2 aromatic rings. The molecule has 0 unspecified atom stereocenters. The van der Waals surface area contributed by atoms with E-state index in [0.29, 0.717) is 54.2 Å². The second-order valence-corrected chi connectivity index (χ2v) is 8.83. The molecule has 2 heterocycles. The van der Waals surface area contributed by atoms with E-state index in [1.807, 2.05) is 4.90 Å². The molecule has 1 aliphatic rings. The summed E-state index contributed by atoms with van der Waals surface area (Å²) in [7, 11) is -1.18. The number of anilines is 1. The van der Waals surface area contributed by atoms with Crippen LogP contribution < -0.4 is 19.5 Å². The van der Waals surface area contributed by atoms with Crippen LogP contribution in [0.1, 0.15) is 19.8 Å². The molecule has 1 aromatic carbocycles. The molecule has 0 atom stereocenters. The van der Waals surface area contributed by atoms with Crippen LogP contribution in [0.2, 0.25) is 0 Å². The molecule has 2 N–H and O–H groups in total.